The average Bonchev–Trinajstić information content (AvgIpc) is 2.76. The maximum absolute atomic E-state index is 12.2. The monoisotopic (exact) mass is 313 g/mol. The van der Waals surface area contributed by atoms with Crippen molar-refractivity contribution in [2.75, 3.05) is 13.1 Å². The van der Waals surface area contributed by atoms with E-state index in [1.807, 2.05) is 36.9 Å². The van der Waals surface area contributed by atoms with Crippen LogP contribution in [-0.4, -0.2) is 44.9 Å². The van der Waals surface area contributed by atoms with Crippen LogP contribution in [0.5, 0.6) is 0 Å². The van der Waals surface area contributed by atoms with Crippen LogP contribution in [0.25, 0.3) is 11.3 Å². The minimum absolute atomic E-state index is 0.158. The van der Waals surface area contributed by atoms with Gasteiger partial charge in [-0.1, -0.05) is 37.3 Å². The largest absolute Gasteiger partial charge is 0.383 e. The van der Waals surface area contributed by atoms with Crippen molar-refractivity contribution in [3.63, 3.8) is 0 Å². The molecule has 0 saturated heterocycles. The Kier molecular flexibility index (Phi) is 4.48. The smallest absolute Gasteiger partial charge is 0.251 e. The SMILES string of the molecule is CCC(O)C(=O)N1CCc2c(-c3ccccc3)nn(C)c2CC1. The van der Waals surface area contributed by atoms with Gasteiger partial charge in [-0.15, -0.1) is 0 Å². The van der Waals surface area contributed by atoms with Gasteiger partial charge in [0, 0.05) is 43.4 Å². The van der Waals surface area contributed by atoms with Crippen molar-refractivity contribution >= 4 is 5.91 Å². The molecule has 1 aliphatic heterocycles. The Labute approximate surface area is 136 Å². The van der Waals surface area contributed by atoms with Crippen molar-refractivity contribution < 1.29 is 9.90 Å². The second kappa shape index (κ2) is 6.54. The number of aryl methyl sites for hydroxylation is 1. The molecule has 122 valence electrons. The summed E-state index contributed by atoms with van der Waals surface area (Å²) in [6.45, 7) is 3.09. The Morgan fingerprint density at radius 2 is 1.96 bits per heavy atom. The van der Waals surface area contributed by atoms with Crippen LogP contribution in [0.3, 0.4) is 0 Å². The number of hydrogen-bond acceptors (Lipinski definition) is 3. The van der Waals surface area contributed by atoms with Gasteiger partial charge in [-0.05, 0) is 12.8 Å². The topological polar surface area (TPSA) is 58.4 Å². The van der Waals surface area contributed by atoms with Crippen LogP contribution in [0.1, 0.15) is 24.6 Å². The zero-order valence-electron chi connectivity index (χ0n) is 13.7. The van der Waals surface area contributed by atoms with E-state index in [0.717, 1.165) is 24.1 Å². The fraction of sp³-hybridized carbons (Fsp3) is 0.444. The molecule has 1 unspecified atom stereocenters. The highest BCUT2D eigenvalue weighted by Crippen LogP contribution is 2.28. The van der Waals surface area contributed by atoms with E-state index in [-0.39, 0.29) is 5.91 Å². The molecule has 1 N–H and O–H groups in total. The first-order valence-electron chi connectivity index (χ1n) is 8.18. The summed E-state index contributed by atoms with van der Waals surface area (Å²) in [4.78, 5) is 14.0. The van der Waals surface area contributed by atoms with Crippen LogP contribution in [0.15, 0.2) is 30.3 Å². The fourth-order valence-corrected chi connectivity index (χ4v) is 3.21. The van der Waals surface area contributed by atoms with Gasteiger partial charge in [-0.25, -0.2) is 0 Å². The van der Waals surface area contributed by atoms with Gasteiger partial charge in [0.2, 0.25) is 0 Å². The van der Waals surface area contributed by atoms with Crippen molar-refractivity contribution in [2.45, 2.75) is 32.3 Å². The van der Waals surface area contributed by atoms with E-state index in [1.54, 1.807) is 4.90 Å². The second-order valence-corrected chi connectivity index (χ2v) is 6.01. The standard InChI is InChI=1S/C18H23N3O2/c1-3-16(22)18(23)21-11-9-14-15(10-12-21)20(2)19-17(14)13-7-5-4-6-8-13/h4-8,16,22H,3,9-12H2,1-2H3. The number of carbonyl (C=O) groups excluding carboxylic acids is 1. The molecule has 1 aromatic heterocycles. The molecule has 5 nitrogen and oxygen atoms in total. The maximum Gasteiger partial charge on any atom is 0.251 e. The summed E-state index contributed by atoms with van der Waals surface area (Å²) in [6, 6.07) is 10.2. The van der Waals surface area contributed by atoms with Gasteiger partial charge in [0.15, 0.2) is 0 Å². The number of rotatable bonds is 3. The van der Waals surface area contributed by atoms with E-state index in [9.17, 15) is 9.90 Å². The first-order chi connectivity index (χ1) is 11.1. The Bertz CT molecular complexity index is 694. The third-order valence-electron chi connectivity index (χ3n) is 4.56. The lowest BCUT2D eigenvalue weighted by atomic mass is 10.0. The second-order valence-electron chi connectivity index (χ2n) is 6.01. The molecular weight excluding hydrogens is 290 g/mol. The van der Waals surface area contributed by atoms with Gasteiger partial charge in [0.05, 0.1) is 5.69 Å². The van der Waals surface area contributed by atoms with Crippen molar-refractivity contribution in [2.24, 2.45) is 7.05 Å². The van der Waals surface area contributed by atoms with Crippen molar-refractivity contribution in [1.29, 1.82) is 0 Å². The Morgan fingerprint density at radius 3 is 2.65 bits per heavy atom. The summed E-state index contributed by atoms with van der Waals surface area (Å²) in [6.07, 6.45) is 1.12. The van der Waals surface area contributed by atoms with Gasteiger partial charge >= 0.3 is 0 Å². The molecule has 1 aromatic carbocycles. The highest BCUT2D eigenvalue weighted by atomic mass is 16.3. The molecule has 0 spiro atoms. The van der Waals surface area contributed by atoms with Gasteiger partial charge in [0.1, 0.15) is 6.10 Å². The minimum atomic E-state index is -0.886. The summed E-state index contributed by atoms with van der Waals surface area (Å²) in [5.41, 5.74) is 4.52. The van der Waals surface area contributed by atoms with E-state index in [4.69, 9.17) is 0 Å². The number of amides is 1. The van der Waals surface area contributed by atoms with Gasteiger partial charge in [-0.2, -0.15) is 5.10 Å². The summed E-state index contributed by atoms with van der Waals surface area (Å²) < 4.78 is 1.93. The predicted octanol–water partition coefficient (Wildman–Crippen LogP) is 1.79. The van der Waals surface area contributed by atoms with Gasteiger partial charge < -0.3 is 10.0 Å². The lowest BCUT2D eigenvalue weighted by Crippen LogP contribution is -2.40. The highest BCUT2D eigenvalue weighted by molar-refractivity contribution is 5.80. The lowest BCUT2D eigenvalue weighted by Gasteiger charge is -2.22. The summed E-state index contributed by atoms with van der Waals surface area (Å²) in [5.74, 6) is -0.158. The fourth-order valence-electron chi connectivity index (χ4n) is 3.21. The minimum Gasteiger partial charge on any atom is -0.383 e. The number of aliphatic hydroxyl groups excluding tert-OH is 1. The molecular formula is C18H23N3O2. The average molecular weight is 313 g/mol. The number of nitrogens with zero attached hydrogens (tertiary/aromatic N) is 3. The van der Waals surface area contributed by atoms with Crippen LogP contribution >= 0.6 is 0 Å². The third-order valence-corrected chi connectivity index (χ3v) is 4.56. The van der Waals surface area contributed by atoms with Crippen LogP contribution in [0.4, 0.5) is 0 Å². The molecule has 3 rings (SSSR count). The van der Waals surface area contributed by atoms with Crippen LogP contribution in [-0.2, 0) is 24.7 Å². The molecule has 0 saturated carbocycles. The van der Waals surface area contributed by atoms with E-state index in [2.05, 4.69) is 17.2 Å². The van der Waals surface area contributed by atoms with E-state index in [1.165, 1.54) is 11.3 Å². The Balaban J connectivity index is 1.88. The molecule has 23 heavy (non-hydrogen) atoms. The quantitative estimate of drug-likeness (QED) is 0.940. The molecule has 2 aromatic rings. The maximum atomic E-state index is 12.2. The summed E-state index contributed by atoms with van der Waals surface area (Å²) in [5, 5.41) is 14.5. The first kappa shape index (κ1) is 15.7. The summed E-state index contributed by atoms with van der Waals surface area (Å²) in [7, 11) is 1.96. The molecule has 0 radical (unpaired) electrons. The predicted molar refractivity (Wildman–Crippen MR) is 88.9 cm³/mol. The number of benzene rings is 1. The molecule has 1 amide bonds. The van der Waals surface area contributed by atoms with E-state index in [0.29, 0.717) is 19.5 Å². The Hall–Kier alpha value is -2.14. The number of hydrogen-bond donors (Lipinski definition) is 1. The van der Waals surface area contributed by atoms with Gasteiger partial charge in [-0.3, -0.25) is 9.48 Å². The van der Waals surface area contributed by atoms with Crippen molar-refractivity contribution in [3.8, 4) is 11.3 Å². The zero-order valence-corrected chi connectivity index (χ0v) is 13.7. The van der Waals surface area contributed by atoms with Crippen molar-refractivity contribution in [3.05, 3.63) is 41.6 Å². The number of fused-ring (bicyclic) bond motifs is 1. The lowest BCUT2D eigenvalue weighted by molar-refractivity contribution is -0.140. The Morgan fingerprint density at radius 1 is 1.26 bits per heavy atom. The molecule has 1 atom stereocenters. The number of carbonyl (C=O) groups is 1. The van der Waals surface area contributed by atoms with Crippen LogP contribution < -0.4 is 0 Å². The molecule has 0 fully saturated rings. The van der Waals surface area contributed by atoms with Crippen LogP contribution in [0, 0.1) is 0 Å². The van der Waals surface area contributed by atoms with Crippen LogP contribution in [0.2, 0.25) is 0 Å². The number of aromatic nitrogens is 2. The van der Waals surface area contributed by atoms with E-state index < -0.39 is 6.10 Å². The van der Waals surface area contributed by atoms with E-state index >= 15 is 0 Å². The normalized spacial score (nSPS) is 15.9. The molecule has 5 heteroatoms. The molecule has 0 aliphatic carbocycles. The number of aliphatic hydroxyl groups is 1. The highest BCUT2D eigenvalue weighted by Gasteiger charge is 2.26. The zero-order chi connectivity index (χ0) is 16.4. The van der Waals surface area contributed by atoms with Crippen molar-refractivity contribution in [1.82, 2.24) is 14.7 Å². The van der Waals surface area contributed by atoms with Gasteiger partial charge in [0.25, 0.3) is 5.91 Å². The molecule has 1 aliphatic rings. The molecule has 0 bridgehead atoms. The third kappa shape index (κ3) is 3.01. The summed E-state index contributed by atoms with van der Waals surface area (Å²) >= 11 is 0. The molecule has 2 heterocycles. The first-order valence-corrected chi connectivity index (χ1v) is 8.18.